The van der Waals surface area contributed by atoms with E-state index >= 15 is 0 Å². The number of nitrogens with two attached hydrogens (primary N) is 1. The summed E-state index contributed by atoms with van der Waals surface area (Å²) in [4.78, 5) is 14.2. The van der Waals surface area contributed by atoms with Gasteiger partial charge in [0.25, 0.3) is 0 Å². The summed E-state index contributed by atoms with van der Waals surface area (Å²) >= 11 is 0. The SMILES string of the molecule is CC(NC(=O)CN1CCC(N)CC1)c1ccc(C#N)cc1. The van der Waals surface area contributed by atoms with Crippen molar-refractivity contribution in [3.05, 3.63) is 35.4 Å². The van der Waals surface area contributed by atoms with Crippen molar-refractivity contribution in [2.45, 2.75) is 31.8 Å². The minimum Gasteiger partial charge on any atom is -0.348 e. The van der Waals surface area contributed by atoms with Crippen LogP contribution in [0, 0.1) is 11.3 Å². The third-order valence-electron chi connectivity index (χ3n) is 3.92. The average Bonchev–Trinajstić information content (AvgIpc) is 2.49. The number of hydrogen-bond acceptors (Lipinski definition) is 4. The van der Waals surface area contributed by atoms with Crippen LogP contribution in [0.25, 0.3) is 0 Å². The predicted molar refractivity (Wildman–Crippen MR) is 81.4 cm³/mol. The maximum absolute atomic E-state index is 12.1. The van der Waals surface area contributed by atoms with Crippen LogP contribution in [0.15, 0.2) is 24.3 Å². The number of nitrogens with zero attached hydrogens (tertiary/aromatic N) is 2. The lowest BCUT2D eigenvalue weighted by molar-refractivity contribution is -0.123. The minimum atomic E-state index is -0.0581. The topological polar surface area (TPSA) is 82.2 Å². The quantitative estimate of drug-likeness (QED) is 0.870. The van der Waals surface area contributed by atoms with Gasteiger partial charge in [-0.3, -0.25) is 9.69 Å². The van der Waals surface area contributed by atoms with Gasteiger partial charge in [0.2, 0.25) is 5.91 Å². The third kappa shape index (κ3) is 4.55. The van der Waals surface area contributed by atoms with Crippen LogP contribution in [0.5, 0.6) is 0 Å². The maximum atomic E-state index is 12.1. The second-order valence-corrected chi connectivity index (χ2v) is 5.64. The molecule has 0 saturated carbocycles. The summed E-state index contributed by atoms with van der Waals surface area (Å²) in [7, 11) is 0. The van der Waals surface area contributed by atoms with Crippen LogP contribution < -0.4 is 11.1 Å². The molecular weight excluding hydrogens is 264 g/mol. The zero-order chi connectivity index (χ0) is 15.2. The molecule has 1 fully saturated rings. The standard InChI is InChI=1S/C16H22N4O/c1-12(14-4-2-13(10-17)3-5-14)19-16(21)11-20-8-6-15(18)7-9-20/h2-5,12,15H,6-9,11,18H2,1H3,(H,19,21). The number of piperidine rings is 1. The highest BCUT2D eigenvalue weighted by Crippen LogP contribution is 2.13. The van der Waals surface area contributed by atoms with E-state index in [4.69, 9.17) is 11.0 Å². The van der Waals surface area contributed by atoms with Gasteiger partial charge >= 0.3 is 0 Å². The molecule has 5 heteroatoms. The fourth-order valence-electron chi connectivity index (χ4n) is 2.53. The van der Waals surface area contributed by atoms with Crippen molar-refractivity contribution < 1.29 is 4.79 Å². The molecule has 0 bridgehead atoms. The first-order valence-corrected chi connectivity index (χ1v) is 7.36. The number of nitrogens with one attached hydrogen (secondary N) is 1. The summed E-state index contributed by atoms with van der Waals surface area (Å²) in [6.45, 7) is 4.15. The van der Waals surface area contributed by atoms with Crippen molar-refractivity contribution in [3.8, 4) is 6.07 Å². The fraction of sp³-hybridized carbons (Fsp3) is 0.500. The van der Waals surface area contributed by atoms with Crippen molar-refractivity contribution in [1.82, 2.24) is 10.2 Å². The third-order valence-corrected chi connectivity index (χ3v) is 3.92. The summed E-state index contributed by atoms with van der Waals surface area (Å²) in [6.07, 6.45) is 1.91. The first-order valence-electron chi connectivity index (χ1n) is 7.36. The Balaban J connectivity index is 1.82. The summed E-state index contributed by atoms with van der Waals surface area (Å²) in [5, 5.41) is 11.8. The van der Waals surface area contributed by atoms with Crippen LogP contribution in [0.3, 0.4) is 0 Å². The van der Waals surface area contributed by atoms with E-state index in [1.807, 2.05) is 19.1 Å². The molecule has 112 valence electrons. The molecule has 3 N–H and O–H groups in total. The monoisotopic (exact) mass is 286 g/mol. The van der Waals surface area contributed by atoms with Crippen LogP contribution in [0.4, 0.5) is 0 Å². The second-order valence-electron chi connectivity index (χ2n) is 5.64. The molecule has 1 aliphatic heterocycles. The van der Waals surface area contributed by atoms with E-state index in [2.05, 4.69) is 16.3 Å². The smallest absolute Gasteiger partial charge is 0.234 e. The lowest BCUT2D eigenvalue weighted by Gasteiger charge is -2.29. The molecular formula is C16H22N4O. The zero-order valence-electron chi connectivity index (χ0n) is 12.4. The molecule has 1 aromatic rings. The first-order chi connectivity index (χ1) is 10.1. The van der Waals surface area contributed by atoms with Gasteiger partial charge < -0.3 is 11.1 Å². The van der Waals surface area contributed by atoms with E-state index in [1.165, 1.54) is 0 Å². The molecule has 1 unspecified atom stereocenters. The van der Waals surface area contributed by atoms with E-state index < -0.39 is 0 Å². The van der Waals surface area contributed by atoms with Gasteiger partial charge in [-0.15, -0.1) is 0 Å². The first kappa shape index (κ1) is 15.5. The number of benzene rings is 1. The van der Waals surface area contributed by atoms with E-state index in [0.717, 1.165) is 31.5 Å². The summed E-state index contributed by atoms with van der Waals surface area (Å²) in [5.41, 5.74) is 7.49. The van der Waals surface area contributed by atoms with Crippen LogP contribution in [-0.2, 0) is 4.79 Å². The Morgan fingerprint density at radius 1 is 1.43 bits per heavy atom. The van der Waals surface area contributed by atoms with E-state index in [-0.39, 0.29) is 18.0 Å². The van der Waals surface area contributed by atoms with Gasteiger partial charge in [-0.05, 0) is 37.5 Å². The molecule has 2 rings (SSSR count). The molecule has 0 radical (unpaired) electrons. The van der Waals surface area contributed by atoms with Gasteiger partial charge in [0.05, 0.1) is 24.2 Å². The number of hydrogen-bond donors (Lipinski definition) is 2. The van der Waals surface area contributed by atoms with Gasteiger partial charge in [0, 0.05) is 19.1 Å². The highest BCUT2D eigenvalue weighted by atomic mass is 16.2. The molecule has 1 atom stereocenters. The van der Waals surface area contributed by atoms with Crippen LogP contribution >= 0.6 is 0 Å². The summed E-state index contributed by atoms with van der Waals surface area (Å²) in [5.74, 6) is 0.0299. The number of carbonyl (C=O) groups excluding carboxylic acids is 1. The van der Waals surface area contributed by atoms with E-state index in [1.54, 1.807) is 12.1 Å². The number of likely N-dealkylation sites (tertiary alicyclic amines) is 1. The maximum Gasteiger partial charge on any atom is 0.234 e. The number of carbonyl (C=O) groups is 1. The molecule has 0 spiro atoms. The number of amides is 1. The van der Waals surface area contributed by atoms with Crippen molar-refractivity contribution in [3.63, 3.8) is 0 Å². The molecule has 1 saturated heterocycles. The second kappa shape index (κ2) is 7.21. The minimum absolute atomic E-state index is 0.0299. The highest BCUT2D eigenvalue weighted by Gasteiger charge is 2.19. The number of nitriles is 1. The van der Waals surface area contributed by atoms with E-state index in [9.17, 15) is 4.79 Å². The zero-order valence-corrected chi connectivity index (χ0v) is 12.4. The van der Waals surface area contributed by atoms with Crippen molar-refractivity contribution in [1.29, 1.82) is 5.26 Å². The Labute approximate surface area is 125 Å². The number of rotatable bonds is 4. The Morgan fingerprint density at radius 2 is 2.05 bits per heavy atom. The van der Waals surface area contributed by atoms with Gasteiger partial charge in [0.1, 0.15) is 0 Å². The van der Waals surface area contributed by atoms with Gasteiger partial charge in [-0.25, -0.2) is 0 Å². The molecule has 1 aromatic carbocycles. The molecule has 5 nitrogen and oxygen atoms in total. The van der Waals surface area contributed by atoms with Gasteiger partial charge in [0.15, 0.2) is 0 Å². The van der Waals surface area contributed by atoms with Crippen molar-refractivity contribution in [2.75, 3.05) is 19.6 Å². The molecule has 0 aromatic heterocycles. The lowest BCUT2D eigenvalue weighted by Crippen LogP contribution is -2.44. The van der Waals surface area contributed by atoms with Crippen LogP contribution in [0.1, 0.15) is 36.9 Å². The Kier molecular flexibility index (Phi) is 5.32. The highest BCUT2D eigenvalue weighted by molar-refractivity contribution is 5.78. The molecule has 1 heterocycles. The van der Waals surface area contributed by atoms with Crippen LogP contribution in [-0.4, -0.2) is 36.5 Å². The Hall–Kier alpha value is -1.90. The largest absolute Gasteiger partial charge is 0.348 e. The van der Waals surface area contributed by atoms with Crippen molar-refractivity contribution in [2.24, 2.45) is 5.73 Å². The molecule has 1 aliphatic rings. The Bertz CT molecular complexity index is 512. The molecule has 21 heavy (non-hydrogen) atoms. The summed E-state index contributed by atoms with van der Waals surface area (Å²) < 4.78 is 0. The van der Waals surface area contributed by atoms with Crippen LogP contribution in [0.2, 0.25) is 0 Å². The fourth-order valence-corrected chi connectivity index (χ4v) is 2.53. The van der Waals surface area contributed by atoms with E-state index in [0.29, 0.717) is 12.1 Å². The molecule has 1 amide bonds. The van der Waals surface area contributed by atoms with Gasteiger partial charge in [-0.2, -0.15) is 5.26 Å². The lowest BCUT2D eigenvalue weighted by atomic mass is 10.1. The average molecular weight is 286 g/mol. The summed E-state index contributed by atoms with van der Waals surface area (Å²) in [6, 6.07) is 9.60. The van der Waals surface area contributed by atoms with Gasteiger partial charge in [-0.1, -0.05) is 12.1 Å². The normalized spacial score (nSPS) is 18.0. The molecule has 0 aliphatic carbocycles. The predicted octanol–water partition coefficient (Wildman–Crippen LogP) is 1.16. The van der Waals surface area contributed by atoms with Crippen molar-refractivity contribution >= 4 is 5.91 Å². The Morgan fingerprint density at radius 3 is 2.62 bits per heavy atom.